The molecule has 0 aliphatic heterocycles. The maximum absolute atomic E-state index is 12.9. The van der Waals surface area contributed by atoms with Crippen molar-refractivity contribution in [2.24, 2.45) is 0 Å². The van der Waals surface area contributed by atoms with Gasteiger partial charge in [-0.25, -0.2) is 0 Å². The van der Waals surface area contributed by atoms with Crippen molar-refractivity contribution in [3.05, 3.63) is 47.5 Å². The van der Waals surface area contributed by atoms with Crippen LogP contribution in [0.4, 0.5) is 0 Å². The average Bonchev–Trinajstić information content (AvgIpc) is 2.95. The molecule has 0 fully saturated rings. The van der Waals surface area contributed by atoms with E-state index < -0.39 is 0 Å². The molecule has 0 aliphatic rings. The number of rotatable bonds is 23. The molecule has 4 heteroatoms. The molecule has 4 nitrogen and oxygen atoms in total. The third-order valence-corrected chi connectivity index (χ3v) is 7.94. The minimum absolute atomic E-state index is 0.00915. The summed E-state index contributed by atoms with van der Waals surface area (Å²) in [5.41, 5.74) is 2.16. The topological polar surface area (TPSA) is 74.6 Å². The van der Waals surface area contributed by atoms with Crippen LogP contribution >= 0.6 is 0 Å². The first-order valence-corrected chi connectivity index (χ1v) is 16.2. The Bertz CT molecular complexity index is 928. The number of hydrogen-bond acceptors (Lipinski definition) is 4. The lowest BCUT2D eigenvalue weighted by Gasteiger charge is -2.10. The van der Waals surface area contributed by atoms with E-state index in [1.807, 2.05) is 0 Å². The second kappa shape index (κ2) is 20.3. The quantitative estimate of drug-likeness (QED) is 0.107. The van der Waals surface area contributed by atoms with Crippen LogP contribution in [0.25, 0.3) is 11.1 Å². The zero-order chi connectivity index (χ0) is 29.0. The molecule has 0 aromatic heterocycles. The van der Waals surface area contributed by atoms with Gasteiger partial charge < -0.3 is 10.2 Å². The van der Waals surface area contributed by atoms with Crippen LogP contribution in [0.3, 0.4) is 0 Å². The van der Waals surface area contributed by atoms with Gasteiger partial charge in [-0.2, -0.15) is 0 Å². The van der Waals surface area contributed by atoms with Crippen molar-refractivity contribution in [1.82, 2.24) is 0 Å². The van der Waals surface area contributed by atoms with Crippen LogP contribution in [0.1, 0.15) is 163 Å². The average molecular weight is 551 g/mol. The molecule has 2 aromatic rings. The lowest BCUT2D eigenvalue weighted by atomic mass is 9.95. The number of ketones is 2. The van der Waals surface area contributed by atoms with Crippen LogP contribution in [0.15, 0.2) is 36.4 Å². The van der Waals surface area contributed by atoms with Crippen molar-refractivity contribution in [1.29, 1.82) is 0 Å². The highest BCUT2D eigenvalue weighted by atomic mass is 16.3. The van der Waals surface area contributed by atoms with Crippen molar-refractivity contribution < 1.29 is 19.8 Å². The van der Waals surface area contributed by atoms with Gasteiger partial charge in [-0.1, -0.05) is 129 Å². The summed E-state index contributed by atoms with van der Waals surface area (Å²) in [6.45, 7) is 4.46. The van der Waals surface area contributed by atoms with E-state index in [9.17, 15) is 19.8 Å². The van der Waals surface area contributed by atoms with E-state index in [1.165, 1.54) is 77.0 Å². The van der Waals surface area contributed by atoms with Gasteiger partial charge in [0.25, 0.3) is 0 Å². The molecule has 222 valence electrons. The van der Waals surface area contributed by atoms with Crippen LogP contribution < -0.4 is 0 Å². The second-order valence-corrected chi connectivity index (χ2v) is 11.5. The summed E-state index contributed by atoms with van der Waals surface area (Å²) in [6.07, 6.45) is 22.3. The number of unbranched alkanes of at least 4 members (excludes halogenated alkanes) is 16. The molecule has 40 heavy (non-hydrogen) atoms. The van der Waals surface area contributed by atoms with Gasteiger partial charge in [0.05, 0.1) is 11.1 Å². The van der Waals surface area contributed by atoms with Gasteiger partial charge in [-0.3, -0.25) is 9.59 Å². The van der Waals surface area contributed by atoms with Gasteiger partial charge in [-0.05, 0) is 48.2 Å². The fraction of sp³-hybridized carbons (Fsp3) is 0.611. The standard InChI is InChI=1S/C36H54O4/c1-3-5-7-9-11-13-15-17-19-21-33(37)31-27-29(23-25-35(31)39)30-24-26-36(40)32(28-30)34(38)22-20-18-16-14-12-10-8-6-4-2/h23-28,39-40H,3-22H2,1-2H3. The zero-order valence-corrected chi connectivity index (χ0v) is 25.3. The Kier molecular flexibility index (Phi) is 17.0. The Morgan fingerprint density at radius 2 is 0.775 bits per heavy atom. The van der Waals surface area contributed by atoms with Crippen molar-refractivity contribution >= 4 is 11.6 Å². The van der Waals surface area contributed by atoms with Gasteiger partial charge >= 0.3 is 0 Å². The lowest BCUT2D eigenvalue weighted by Crippen LogP contribution is -2.01. The summed E-state index contributed by atoms with van der Waals surface area (Å²) >= 11 is 0. The molecule has 0 bridgehead atoms. The number of aromatic hydroxyl groups is 2. The number of phenolic OH excluding ortho intramolecular Hbond substituents is 2. The van der Waals surface area contributed by atoms with Gasteiger partial charge in [0.15, 0.2) is 11.6 Å². The van der Waals surface area contributed by atoms with Crippen LogP contribution in [-0.2, 0) is 0 Å². The Labute approximate surface area is 243 Å². The van der Waals surface area contributed by atoms with E-state index in [0.717, 1.165) is 49.7 Å². The third kappa shape index (κ3) is 12.7. The van der Waals surface area contributed by atoms with Crippen LogP contribution in [0.5, 0.6) is 11.5 Å². The monoisotopic (exact) mass is 550 g/mol. The summed E-state index contributed by atoms with van der Waals surface area (Å²) in [4.78, 5) is 25.8. The van der Waals surface area contributed by atoms with Gasteiger partial charge in [0.1, 0.15) is 11.5 Å². The highest BCUT2D eigenvalue weighted by Crippen LogP contribution is 2.31. The highest BCUT2D eigenvalue weighted by Gasteiger charge is 2.16. The van der Waals surface area contributed by atoms with Crippen LogP contribution in [0, 0.1) is 0 Å². The van der Waals surface area contributed by atoms with E-state index >= 15 is 0 Å². The summed E-state index contributed by atoms with van der Waals surface area (Å²) in [5, 5.41) is 20.8. The fourth-order valence-electron chi connectivity index (χ4n) is 5.34. The largest absolute Gasteiger partial charge is 0.507 e. The van der Waals surface area contributed by atoms with Crippen molar-refractivity contribution in [2.45, 2.75) is 142 Å². The summed E-state index contributed by atoms with van der Waals surface area (Å²) in [6, 6.07) is 10.0. The van der Waals surface area contributed by atoms with Crippen LogP contribution in [0.2, 0.25) is 0 Å². The number of benzene rings is 2. The summed E-state index contributed by atoms with van der Waals surface area (Å²) in [7, 11) is 0. The number of Topliss-reactive ketones (excluding diaryl/α,β-unsaturated/α-hetero) is 2. The predicted molar refractivity (Wildman–Crippen MR) is 168 cm³/mol. The second-order valence-electron chi connectivity index (χ2n) is 11.5. The maximum atomic E-state index is 12.9. The molecule has 2 N–H and O–H groups in total. The van der Waals surface area contributed by atoms with Crippen molar-refractivity contribution in [3.63, 3.8) is 0 Å². The van der Waals surface area contributed by atoms with E-state index in [0.29, 0.717) is 24.0 Å². The molecule has 2 rings (SSSR count). The smallest absolute Gasteiger partial charge is 0.166 e. The SMILES string of the molecule is CCCCCCCCCCCC(=O)c1cc(-c2ccc(O)c(C(=O)CCCCCCCCCCC)c2)ccc1O. The molecule has 0 amide bonds. The Balaban J connectivity index is 1.86. The Morgan fingerprint density at radius 3 is 1.10 bits per heavy atom. The first-order valence-electron chi connectivity index (χ1n) is 16.2. The fourth-order valence-corrected chi connectivity index (χ4v) is 5.34. The summed E-state index contributed by atoms with van der Waals surface area (Å²) in [5.74, 6) is -0.124. The molecule has 0 radical (unpaired) electrons. The molecular formula is C36H54O4. The maximum Gasteiger partial charge on any atom is 0.166 e. The van der Waals surface area contributed by atoms with E-state index in [1.54, 1.807) is 36.4 Å². The first-order chi connectivity index (χ1) is 19.5. The Hall–Kier alpha value is -2.62. The summed E-state index contributed by atoms with van der Waals surface area (Å²) < 4.78 is 0. The predicted octanol–water partition coefficient (Wildman–Crippen LogP) is 11.0. The molecule has 0 unspecified atom stereocenters. The molecule has 0 saturated carbocycles. The number of hydrogen-bond donors (Lipinski definition) is 2. The minimum Gasteiger partial charge on any atom is -0.507 e. The van der Waals surface area contributed by atoms with Crippen molar-refractivity contribution in [2.75, 3.05) is 0 Å². The van der Waals surface area contributed by atoms with Gasteiger partial charge in [0.2, 0.25) is 0 Å². The van der Waals surface area contributed by atoms with E-state index in [-0.39, 0.29) is 23.1 Å². The number of phenols is 2. The number of carbonyl (C=O) groups excluding carboxylic acids is 2. The van der Waals surface area contributed by atoms with E-state index in [2.05, 4.69) is 13.8 Å². The van der Waals surface area contributed by atoms with Crippen molar-refractivity contribution in [3.8, 4) is 22.6 Å². The number of carbonyl (C=O) groups is 2. The molecule has 0 spiro atoms. The molecular weight excluding hydrogens is 496 g/mol. The zero-order valence-electron chi connectivity index (χ0n) is 25.3. The third-order valence-electron chi connectivity index (χ3n) is 7.94. The molecule has 0 aliphatic carbocycles. The molecule has 2 aromatic carbocycles. The normalized spacial score (nSPS) is 11.2. The molecule has 0 saturated heterocycles. The highest BCUT2D eigenvalue weighted by molar-refractivity contribution is 6.01. The molecule has 0 heterocycles. The Morgan fingerprint density at radius 1 is 0.475 bits per heavy atom. The minimum atomic E-state index is -0.0530. The molecule has 0 atom stereocenters. The lowest BCUT2D eigenvalue weighted by molar-refractivity contribution is 0.0968. The van der Waals surface area contributed by atoms with Gasteiger partial charge in [0, 0.05) is 12.8 Å². The first kappa shape index (κ1) is 33.6. The van der Waals surface area contributed by atoms with Crippen LogP contribution in [-0.4, -0.2) is 21.8 Å². The van der Waals surface area contributed by atoms with E-state index in [4.69, 9.17) is 0 Å². The van der Waals surface area contributed by atoms with Gasteiger partial charge in [-0.15, -0.1) is 0 Å².